The number of anilines is 1. The van der Waals surface area contributed by atoms with Crippen LogP contribution >= 0.6 is 11.3 Å². The topological polar surface area (TPSA) is 101 Å². The predicted molar refractivity (Wildman–Crippen MR) is 171 cm³/mol. The Morgan fingerprint density at radius 3 is 2.57 bits per heavy atom. The van der Waals surface area contributed by atoms with E-state index in [1.54, 1.807) is 35.8 Å². The smallest absolute Gasteiger partial charge is 0.307 e. The lowest BCUT2D eigenvalue weighted by Gasteiger charge is -2.45. The van der Waals surface area contributed by atoms with Gasteiger partial charge in [-0.15, -0.1) is 11.3 Å². The van der Waals surface area contributed by atoms with Gasteiger partial charge in [-0.3, -0.25) is 9.59 Å². The lowest BCUT2D eigenvalue weighted by Crippen LogP contribution is -2.51. The number of carbonyl (C=O) groups excluding carboxylic acids is 1. The van der Waals surface area contributed by atoms with E-state index in [0.717, 1.165) is 76.9 Å². The Morgan fingerprint density at radius 1 is 1.11 bits per heavy atom. The molecule has 2 aromatic heterocycles. The number of carbonyl (C=O) groups is 2. The molecule has 6 rings (SSSR count). The van der Waals surface area contributed by atoms with Gasteiger partial charge in [-0.05, 0) is 73.9 Å². The van der Waals surface area contributed by atoms with Crippen molar-refractivity contribution >= 4 is 28.3 Å². The molecule has 2 aliphatic rings. The minimum atomic E-state index is -0.648. The monoisotopic (exact) mass is 613 g/mol. The Hall–Kier alpha value is -4.18. The first-order valence-corrected chi connectivity index (χ1v) is 16.0. The number of carboxylic acids is 1. The molecular weight excluding hydrogens is 574 g/mol. The molecule has 1 aliphatic heterocycles. The molecular formula is C34H39N5O4S. The summed E-state index contributed by atoms with van der Waals surface area (Å²) in [4.78, 5) is 38.2. The molecule has 0 radical (unpaired) electrons. The number of hydrogen-bond donors (Lipinski definition) is 1. The molecule has 1 amide bonds. The van der Waals surface area contributed by atoms with Crippen LogP contribution in [0.1, 0.15) is 52.0 Å². The molecule has 2 fully saturated rings. The number of ether oxygens (including phenoxy) is 1. The van der Waals surface area contributed by atoms with Crippen molar-refractivity contribution in [3.8, 4) is 17.0 Å². The third kappa shape index (κ3) is 6.08. The fourth-order valence-corrected chi connectivity index (χ4v) is 7.56. The van der Waals surface area contributed by atoms with Crippen LogP contribution in [0.15, 0.2) is 54.3 Å². The molecule has 44 heavy (non-hydrogen) atoms. The van der Waals surface area contributed by atoms with Gasteiger partial charge >= 0.3 is 5.97 Å². The lowest BCUT2D eigenvalue weighted by molar-refractivity contribution is -0.148. The van der Waals surface area contributed by atoms with Gasteiger partial charge in [0.05, 0.1) is 30.2 Å². The van der Waals surface area contributed by atoms with Gasteiger partial charge in [0, 0.05) is 49.9 Å². The van der Waals surface area contributed by atoms with Crippen molar-refractivity contribution in [2.24, 2.45) is 24.8 Å². The molecule has 10 heteroatoms. The van der Waals surface area contributed by atoms with E-state index in [0.29, 0.717) is 18.7 Å². The molecule has 3 heterocycles. The van der Waals surface area contributed by atoms with E-state index in [1.807, 2.05) is 48.9 Å². The van der Waals surface area contributed by atoms with E-state index in [-0.39, 0.29) is 23.7 Å². The minimum Gasteiger partial charge on any atom is -0.488 e. The Morgan fingerprint density at radius 2 is 1.89 bits per heavy atom. The Bertz CT molecular complexity index is 1670. The number of aromatic nitrogens is 3. The molecule has 1 unspecified atom stereocenters. The quantitative estimate of drug-likeness (QED) is 0.249. The molecule has 230 valence electrons. The van der Waals surface area contributed by atoms with Crippen molar-refractivity contribution in [3.05, 3.63) is 82.3 Å². The summed E-state index contributed by atoms with van der Waals surface area (Å²) in [5.41, 5.74) is 6.53. The third-order valence-corrected chi connectivity index (χ3v) is 10.1. The summed E-state index contributed by atoms with van der Waals surface area (Å²) in [6.45, 7) is 6.40. The van der Waals surface area contributed by atoms with Gasteiger partial charge in [-0.2, -0.15) is 0 Å². The van der Waals surface area contributed by atoms with Crippen molar-refractivity contribution in [3.63, 3.8) is 0 Å². The number of hydrogen-bond acceptors (Lipinski definition) is 7. The van der Waals surface area contributed by atoms with Crippen molar-refractivity contribution in [2.75, 3.05) is 25.0 Å². The largest absolute Gasteiger partial charge is 0.488 e. The van der Waals surface area contributed by atoms with Crippen LogP contribution in [0.2, 0.25) is 0 Å². The molecule has 1 N–H and O–H groups in total. The summed E-state index contributed by atoms with van der Waals surface area (Å²) in [7, 11) is 3.72. The van der Waals surface area contributed by atoms with Gasteiger partial charge in [0.2, 0.25) is 0 Å². The predicted octanol–water partition coefficient (Wildman–Crippen LogP) is 5.95. The lowest BCUT2D eigenvalue weighted by atomic mass is 9.69. The van der Waals surface area contributed by atoms with Gasteiger partial charge in [0.15, 0.2) is 5.13 Å². The van der Waals surface area contributed by atoms with Gasteiger partial charge in [-0.1, -0.05) is 24.1 Å². The number of nitrogens with zero attached hydrogens (tertiary/aromatic N) is 5. The second kappa shape index (κ2) is 12.4. The first-order valence-electron chi connectivity index (χ1n) is 15.1. The summed E-state index contributed by atoms with van der Waals surface area (Å²) >= 11 is 1.61. The zero-order valence-electron chi connectivity index (χ0n) is 25.7. The number of carboxylic acid groups (broad SMARTS) is 1. The molecule has 0 spiro atoms. The van der Waals surface area contributed by atoms with Crippen LogP contribution in [-0.2, 0) is 25.0 Å². The fraction of sp³-hybridized carbons (Fsp3) is 0.412. The summed E-state index contributed by atoms with van der Waals surface area (Å²) in [6.07, 6.45) is 6.55. The molecule has 9 nitrogen and oxygen atoms in total. The van der Waals surface area contributed by atoms with Gasteiger partial charge < -0.3 is 24.2 Å². The summed E-state index contributed by atoms with van der Waals surface area (Å²) < 4.78 is 8.29. The zero-order valence-corrected chi connectivity index (χ0v) is 26.5. The van der Waals surface area contributed by atoms with Crippen molar-refractivity contribution in [2.45, 2.75) is 46.3 Å². The summed E-state index contributed by atoms with van der Waals surface area (Å²) in [5, 5.41) is 12.8. The second-order valence-corrected chi connectivity index (χ2v) is 13.2. The number of rotatable bonds is 9. The zero-order chi connectivity index (χ0) is 31.0. The normalized spacial score (nSPS) is 19.5. The number of aliphatic carboxylic acids is 1. The highest BCUT2D eigenvalue weighted by Gasteiger charge is 2.44. The van der Waals surface area contributed by atoms with Crippen LogP contribution in [0.25, 0.3) is 11.3 Å². The molecule has 2 bridgehead atoms. The number of piperidine rings is 1. The average Bonchev–Trinajstić information content (AvgIpc) is 3.65. The van der Waals surface area contributed by atoms with Gasteiger partial charge in [0.25, 0.3) is 5.91 Å². The fourth-order valence-electron chi connectivity index (χ4n) is 6.72. The van der Waals surface area contributed by atoms with Gasteiger partial charge in [0.1, 0.15) is 12.4 Å². The van der Waals surface area contributed by atoms with E-state index < -0.39 is 5.97 Å². The summed E-state index contributed by atoms with van der Waals surface area (Å²) in [6, 6.07) is 11.9. The first kappa shape index (κ1) is 29.9. The molecule has 4 aromatic rings. The Labute approximate surface area is 262 Å². The highest BCUT2D eigenvalue weighted by Crippen LogP contribution is 2.43. The van der Waals surface area contributed by atoms with Crippen LogP contribution in [0, 0.1) is 31.6 Å². The Balaban J connectivity index is 1.15. The number of benzene rings is 2. The maximum atomic E-state index is 13.1. The highest BCUT2D eigenvalue weighted by atomic mass is 32.1. The van der Waals surface area contributed by atoms with Crippen LogP contribution < -0.4 is 9.64 Å². The number of imidazole rings is 1. The highest BCUT2D eigenvalue weighted by molar-refractivity contribution is 7.14. The average molecular weight is 614 g/mol. The van der Waals surface area contributed by atoms with E-state index in [2.05, 4.69) is 28.3 Å². The van der Waals surface area contributed by atoms with Crippen molar-refractivity contribution < 1.29 is 19.4 Å². The third-order valence-electron chi connectivity index (χ3n) is 9.17. The van der Waals surface area contributed by atoms with Crippen LogP contribution in [0.3, 0.4) is 0 Å². The minimum absolute atomic E-state index is 0.0438. The van der Waals surface area contributed by atoms with Crippen LogP contribution in [0.5, 0.6) is 5.75 Å². The maximum Gasteiger partial charge on any atom is 0.307 e. The van der Waals surface area contributed by atoms with Crippen LogP contribution in [-0.4, -0.2) is 56.6 Å². The van der Waals surface area contributed by atoms with E-state index >= 15 is 0 Å². The van der Waals surface area contributed by atoms with E-state index in [4.69, 9.17) is 9.72 Å². The van der Waals surface area contributed by atoms with Crippen molar-refractivity contribution in [1.29, 1.82) is 0 Å². The number of thiazole rings is 1. The van der Waals surface area contributed by atoms with Gasteiger partial charge in [-0.25, -0.2) is 9.97 Å². The Kier molecular flexibility index (Phi) is 8.44. The standard InChI is InChI=1S/C34H39N5O4S/c1-21-8-11-30(43-18-26-10-9-23(13-22(26)2)32(40)37(3)17-27-14-35-20-38(27)4)28(12-21)29-19-44-34(36-29)39-15-24-6-5-7-25(16-39)31(24)33(41)42/h8-14,19-20,24-25,31H,5-7,15-18H2,1-4H3,(H,41,42)/t24-,25+,31?. The van der Waals surface area contributed by atoms with E-state index in [1.165, 1.54) is 0 Å². The van der Waals surface area contributed by atoms with Crippen molar-refractivity contribution in [1.82, 2.24) is 19.4 Å². The number of fused-ring (bicyclic) bond motifs is 2. The molecule has 1 aliphatic carbocycles. The SMILES string of the molecule is Cc1ccc(OCc2ccc(C(=O)N(C)Cc3cncn3C)cc2C)c(-c2csc(N3C[C@H]4CCC[C@@H](C3)C4C(=O)O)n2)c1. The molecule has 1 saturated carbocycles. The molecule has 2 aromatic carbocycles. The first-order chi connectivity index (χ1) is 21.2. The van der Waals surface area contributed by atoms with E-state index in [9.17, 15) is 14.7 Å². The number of aryl methyl sites for hydroxylation is 3. The number of amides is 1. The van der Waals surface area contributed by atoms with Crippen LogP contribution in [0.4, 0.5) is 5.13 Å². The second-order valence-electron chi connectivity index (χ2n) is 12.3. The molecule has 3 atom stereocenters. The summed E-state index contributed by atoms with van der Waals surface area (Å²) in [5.74, 6) is 0.180. The maximum absolute atomic E-state index is 13.1. The molecule has 1 saturated heterocycles.